The molecule has 1 saturated carbocycles. The van der Waals surface area contributed by atoms with Crippen molar-refractivity contribution in [1.82, 2.24) is 19.6 Å². The first-order chi connectivity index (χ1) is 8.18. The Bertz CT molecular complexity index is 591. The molecule has 0 saturated heterocycles. The molecular weight excluding hydrogens is 242 g/mol. The van der Waals surface area contributed by atoms with E-state index in [0.29, 0.717) is 11.3 Å². The van der Waals surface area contributed by atoms with E-state index in [9.17, 15) is 4.79 Å². The van der Waals surface area contributed by atoms with Gasteiger partial charge >= 0.3 is 0 Å². The largest absolute Gasteiger partial charge is 0.311 e. The quantitative estimate of drug-likeness (QED) is 0.751. The molecule has 7 heteroatoms. The van der Waals surface area contributed by atoms with Crippen molar-refractivity contribution in [3.63, 3.8) is 0 Å². The van der Waals surface area contributed by atoms with Crippen molar-refractivity contribution in [3.8, 4) is 0 Å². The molecule has 0 spiro atoms. The molecule has 0 unspecified atom stereocenters. The second-order valence-corrected chi connectivity index (χ2v) is 4.45. The highest BCUT2D eigenvalue weighted by molar-refractivity contribution is 6.28. The van der Waals surface area contributed by atoms with Crippen LogP contribution in [0.3, 0.4) is 0 Å². The first-order valence-electron chi connectivity index (χ1n) is 5.30. The predicted molar refractivity (Wildman–Crippen MR) is 61.9 cm³/mol. The number of halogens is 1. The zero-order valence-electron chi connectivity index (χ0n) is 9.17. The third-order valence-corrected chi connectivity index (χ3v) is 3.17. The smallest absolute Gasteiger partial charge is 0.229 e. The van der Waals surface area contributed by atoms with Crippen LogP contribution in [-0.4, -0.2) is 32.5 Å². The van der Waals surface area contributed by atoms with Gasteiger partial charge in [-0.15, -0.1) is 10.2 Å². The van der Waals surface area contributed by atoms with Crippen LogP contribution in [-0.2, 0) is 4.79 Å². The topological polar surface area (TPSA) is 63.4 Å². The fourth-order valence-electron chi connectivity index (χ4n) is 1.74. The predicted octanol–water partition coefficient (Wildman–Crippen LogP) is 1.15. The van der Waals surface area contributed by atoms with Crippen LogP contribution in [0.4, 0.5) is 5.69 Å². The number of carbonyl (C=O) groups is 1. The number of hydrogen-bond acceptors (Lipinski definition) is 4. The van der Waals surface area contributed by atoms with Crippen molar-refractivity contribution in [2.24, 2.45) is 5.92 Å². The van der Waals surface area contributed by atoms with Crippen molar-refractivity contribution in [2.45, 2.75) is 12.8 Å². The lowest BCUT2D eigenvalue weighted by Gasteiger charge is -2.16. The summed E-state index contributed by atoms with van der Waals surface area (Å²) in [5, 5.41) is 8.01. The zero-order valence-corrected chi connectivity index (χ0v) is 9.92. The maximum Gasteiger partial charge on any atom is 0.229 e. The van der Waals surface area contributed by atoms with Crippen LogP contribution in [0, 0.1) is 5.92 Å². The molecule has 0 aromatic carbocycles. The van der Waals surface area contributed by atoms with E-state index in [1.807, 2.05) is 0 Å². The number of fused-ring (bicyclic) bond motifs is 1. The van der Waals surface area contributed by atoms with E-state index in [0.717, 1.165) is 12.8 Å². The molecular formula is C10H10ClN5O. The lowest BCUT2D eigenvalue weighted by atomic mass is 10.3. The van der Waals surface area contributed by atoms with Gasteiger partial charge in [0.1, 0.15) is 12.0 Å². The first kappa shape index (κ1) is 10.5. The van der Waals surface area contributed by atoms with Gasteiger partial charge in [0, 0.05) is 13.0 Å². The molecule has 0 atom stereocenters. The van der Waals surface area contributed by atoms with Crippen LogP contribution >= 0.6 is 11.6 Å². The Morgan fingerprint density at radius 1 is 1.59 bits per heavy atom. The summed E-state index contributed by atoms with van der Waals surface area (Å²) in [5.41, 5.74) is 1.17. The van der Waals surface area contributed by atoms with E-state index in [1.54, 1.807) is 22.5 Å². The number of aromatic nitrogens is 4. The molecule has 1 amide bonds. The van der Waals surface area contributed by atoms with Gasteiger partial charge in [-0.25, -0.2) is 4.98 Å². The van der Waals surface area contributed by atoms with Gasteiger partial charge in [0.2, 0.25) is 11.2 Å². The highest BCUT2D eigenvalue weighted by Gasteiger charge is 2.33. The summed E-state index contributed by atoms with van der Waals surface area (Å²) in [6.07, 6.45) is 4.95. The average molecular weight is 252 g/mol. The summed E-state index contributed by atoms with van der Waals surface area (Å²) >= 11 is 5.90. The molecule has 3 rings (SSSR count). The molecule has 1 aliphatic carbocycles. The summed E-state index contributed by atoms with van der Waals surface area (Å²) in [6, 6.07) is 0. The van der Waals surface area contributed by atoms with Crippen LogP contribution < -0.4 is 4.90 Å². The maximum absolute atomic E-state index is 12.0. The zero-order chi connectivity index (χ0) is 12.0. The Balaban J connectivity index is 2.07. The van der Waals surface area contributed by atoms with Crippen LogP contribution in [0.2, 0.25) is 5.28 Å². The molecule has 1 fully saturated rings. The van der Waals surface area contributed by atoms with Gasteiger partial charge in [0.05, 0.1) is 6.20 Å². The number of carbonyl (C=O) groups excluding carboxylic acids is 1. The molecule has 0 bridgehead atoms. The number of nitrogens with zero attached hydrogens (tertiary/aromatic N) is 5. The monoisotopic (exact) mass is 251 g/mol. The normalized spacial score (nSPS) is 15.2. The minimum Gasteiger partial charge on any atom is -0.311 e. The van der Waals surface area contributed by atoms with E-state index in [4.69, 9.17) is 11.6 Å². The van der Waals surface area contributed by atoms with Crippen LogP contribution in [0.15, 0.2) is 12.5 Å². The highest BCUT2D eigenvalue weighted by Crippen LogP contribution is 2.33. The SMILES string of the molecule is CN(C(=O)C1CC1)c1cnc(Cl)n2cnnc12. The summed E-state index contributed by atoms with van der Waals surface area (Å²) in [7, 11) is 1.72. The Morgan fingerprint density at radius 2 is 2.35 bits per heavy atom. The highest BCUT2D eigenvalue weighted by atomic mass is 35.5. The molecule has 88 valence electrons. The second-order valence-electron chi connectivity index (χ2n) is 4.11. The molecule has 0 radical (unpaired) electrons. The van der Waals surface area contributed by atoms with Gasteiger partial charge in [0.25, 0.3) is 0 Å². The minimum absolute atomic E-state index is 0.0963. The Hall–Kier alpha value is -1.69. The molecule has 0 aliphatic heterocycles. The summed E-state index contributed by atoms with van der Waals surface area (Å²) in [4.78, 5) is 17.6. The van der Waals surface area contributed by atoms with Gasteiger partial charge < -0.3 is 4.90 Å². The average Bonchev–Trinajstić information content (AvgIpc) is 3.05. The molecule has 2 heterocycles. The van der Waals surface area contributed by atoms with Gasteiger partial charge in [-0.2, -0.15) is 0 Å². The van der Waals surface area contributed by atoms with Crippen LogP contribution in [0.25, 0.3) is 5.65 Å². The van der Waals surface area contributed by atoms with Gasteiger partial charge in [-0.1, -0.05) is 0 Å². The number of hydrogen-bond donors (Lipinski definition) is 0. The van der Waals surface area contributed by atoms with Crippen molar-refractivity contribution in [3.05, 3.63) is 17.8 Å². The van der Waals surface area contributed by atoms with Crippen molar-refractivity contribution in [2.75, 3.05) is 11.9 Å². The van der Waals surface area contributed by atoms with Gasteiger partial charge in [0.15, 0.2) is 5.65 Å². The number of rotatable bonds is 2. The number of anilines is 1. The summed E-state index contributed by atoms with van der Waals surface area (Å²) in [6.45, 7) is 0. The number of amides is 1. The molecule has 0 N–H and O–H groups in total. The van der Waals surface area contributed by atoms with Crippen molar-refractivity contribution in [1.29, 1.82) is 0 Å². The molecule has 2 aromatic heterocycles. The Kier molecular flexibility index (Phi) is 2.25. The van der Waals surface area contributed by atoms with Crippen LogP contribution in [0.1, 0.15) is 12.8 Å². The van der Waals surface area contributed by atoms with E-state index in [-0.39, 0.29) is 17.1 Å². The van der Waals surface area contributed by atoms with Crippen LogP contribution in [0.5, 0.6) is 0 Å². The molecule has 1 aliphatic rings. The third-order valence-electron chi connectivity index (χ3n) is 2.89. The Morgan fingerprint density at radius 3 is 3.06 bits per heavy atom. The molecule has 17 heavy (non-hydrogen) atoms. The van der Waals surface area contributed by atoms with Crippen molar-refractivity contribution >= 4 is 28.8 Å². The lowest BCUT2D eigenvalue weighted by molar-refractivity contribution is -0.119. The van der Waals surface area contributed by atoms with Gasteiger partial charge in [-0.05, 0) is 24.4 Å². The van der Waals surface area contributed by atoms with E-state index >= 15 is 0 Å². The lowest BCUT2D eigenvalue weighted by Crippen LogP contribution is -2.28. The molecule has 6 nitrogen and oxygen atoms in total. The van der Waals surface area contributed by atoms with Crippen molar-refractivity contribution < 1.29 is 4.79 Å². The van der Waals surface area contributed by atoms with E-state index in [2.05, 4.69) is 15.2 Å². The maximum atomic E-state index is 12.0. The molecule has 2 aromatic rings. The minimum atomic E-state index is 0.0963. The fraction of sp³-hybridized carbons (Fsp3) is 0.400. The summed E-state index contributed by atoms with van der Waals surface area (Å²) < 4.78 is 1.55. The standard InChI is InChI=1S/C10H10ClN5O/c1-15(9(17)6-2-3-6)7-4-12-10(11)16-5-13-14-8(7)16/h4-6H,2-3H2,1H3. The second kappa shape index (κ2) is 3.66. The summed E-state index contributed by atoms with van der Waals surface area (Å²) in [5.74, 6) is 0.248. The Labute approximate surface area is 102 Å². The first-order valence-corrected chi connectivity index (χ1v) is 5.68. The van der Waals surface area contributed by atoms with E-state index < -0.39 is 0 Å². The third kappa shape index (κ3) is 1.64. The van der Waals surface area contributed by atoms with Gasteiger partial charge in [-0.3, -0.25) is 9.20 Å². The fourth-order valence-corrected chi connectivity index (χ4v) is 1.91. The van der Waals surface area contributed by atoms with E-state index in [1.165, 1.54) is 6.33 Å².